The summed E-state index contributed by atoms with van der Waals surface area (Å²) in [5.74, 6) is 1.01. The van der Waals surface area contributed by atoms with Crippen molar-refractivity contribution >= 4 is 24.3 Å². The molecule has 1 heterocycles. The number of aryl methyl sites for hydroxylation is 2. The van der Waals surface area contributed by atoms with E-state index < -0.39 is 8.07 Å². The molecular weight excluding hydrogens is 416 g/mol. The van der Waals surface area contributed by atoms with E-state index in [4.69, 9.17) is 4.98 Å². The van der Waals surface area contributed by atoms with Crippen LogP contribution in [0.25, 0.3) is 39.2 Å². The molecule has 0 aliphatic heterocycles. The number of fused-ring (bicyclic) bond motifs is 1. The maximum atomic E-state index is 5.12. The molecule has 0 aliphatic carbocycles. The quantitative estimate of drug-likeness (QED) is 0.261. The Hall–Kier alpha value is -3.43. The molecule has 0 bridgehead atoms. The van der Waals surface area contributed by atoms with Gasteiger partial charge >= 0.3 is 0 Å². The van der Waals surface area contributed by atoms with Gasteiger partial charge in [0.2, 0.25) is 0 Å². The molecule has 0 amide bonds. The number of benzene rings is 4. The zero-order valence-electron chi connectivity index (χ0n) is 20.1. The minimum absolute atomic E-state index is 1.01. The van der Waals surface area contributed by atoms with Crippen LogP contribution < -0.4 is 5.19 Å². The minimum Gasteiger partial charge on any atom is -0.292 e. The van der Waals surface area contributed by atoms with Crippen LogP contribution in [-0.4, -0.2) is 17.6 Å². The third-order valence-corrected chi connectivity index (χ3v) is 8.41. The second-order valence-corrected chi connectivity index (χ2v) is 15.0. The van der Waals surface area contributed by atoms with E-state index in [1.165, 1.54) is 38.7 Å². The van der Waals surface area contributed by atoms with Gasteiger partial charge < -0.3 is 0 Å². The largest absolute Gasteiger partial charge is 0.292 e. The molecular formula is C30H30N2Si. The fourth-order valence-corrected chi connectivity index (χ4v) is 5.86. The van der Waals surface area contributed by atoms with Crippen LogP contribution in [0.4, 0.5) is 0 Å². The van der Waals surface area contributed by atoms with E-state index in [-0.39, 0.29) is 0 Å². The number of hydrogen-bond donors (Lipinski definition) is 0. The first-order valence-electron chi connectivity index (χ1n) is 11.6. The van der Waals surface area contributed by atoms with E-state index >= 15 is 0 Å². The lowest BCUT2D eigenvalue weighted by Crippen LogP contribution is -2.37. The van der Waals surface area contributed by atoms with Gasteiger partial charge in [-0.3, -0.25) is 4.57 Å². The molecule has 5 rings (SSSR count). The third kappa shape index (κ3) is 3.94. The van der Waals surface area contributed by atoms with Crippen molar-refractivity contribution in [2.45, 2.75) is 33.5 Å². The monoisotopic (exact) mass is 446 g/mol. The zero-order chi connectivity index (χ0) is 23.2. The fraction of sp³-hybridized carbons (Fsp3) is 0.167. The van der Waals surface area contributed by atoms with E-state index in [0.717, 1.165) is 16.9 Å². The molecule has 33 heavy (non-hydrogen) atoms. The Labute approximate surface area is 197 Å². The summed E-state index contributed by atoms with van der Waals surface area (Å²) in [7, 11) is -1.44. The van der Waals surface area contributed by atoms with Crippen molar-refractivity contribution < 1.29 is 0 Å². The number of nitrogens with zero attached hydrogens (tertiary/aromatic N) is 2. The van der Waals surface area contributed by atoms with Crippen LogP contribution in [-0.2, 0) is 0 Å². The van der Waals surface area contributed by atoms with Gasteiger partial charge in [0.25, 0.3) is 0 Å². The van der Waals surface area contributed by atoms with Crippen molar-refractivity contribution in [3.05, 3.63) is 102 Å². The van der Waals surface area contributed by atoms with Crippen molar-refractivity contribution in [1.82, 2.24) is 9.55 Å². The van der Waals surface area contributed by atoms with Crippen LogP contribution in [0.3, 0.4) is 0 Å². The average Bonchev–Trinajstić information content (AvgIpc) is 3.18. The second kappa shape index (κ2) is 8.16. The Morgan fingerprint density at radius 3 is 1.97 bits per heavy atom. The summed E-state index contributed by atoms with van der Waals surface area (Å²) in [6, 6.07) is 32.7. The Bertz CT molecular complexity index is 1430. The number of rotatable bonds is 4. The Morgan fingerprint density at radius 2 is 1.27 bits per heavy atom. The molecule has 0 spiro atoms. The summed E-state index contributed by atoms with van der Waals surface area (Å²) in [6.45, 7) is 11.6. The highest BCUT2D eigenvalue weighted by molar-refractivity contribution is 6.88. The number of aromatic nitrogens is 2. The number of para-hydroxylation sites is 2. The van der Waals surface area contributed by atoms with Gasteiger partial charge in [0.15, 0.2) is 0 Å². The van der Waals surface area contributed by atoms with Crippen molar-refractivity contribution in [2.24, 2.45) is 0 Å². The smallest absolute Gasteiger partial charge is 0.145 e. The van der Waals surface area contributed by atoms with Crippen LogP contribution in [0, 0.1) is 13.8 Å². The first kappa shape index (κ1) is 21.4. The molecule has 0 aliphatic rings. The van der Waals surface area contributed by atoms with Crippen LogP contribution in [0.5, 0.6) is 0 Å². The summed E-state index contributed by atoms with van der Waals surface area (Å²) in [4.78, 5) is 5.12. The van der Waals surface area contributed by atoms with Gasteiger partial charge in [-0.05, 0) is 60.4 Å². The lowest BCUT2D eigenvalue weighted by Gasteiger charge is -2.19. The highest BCUT2D eigenvalue weighted by Gasteiger charge is 2.21. The van der Waals surface area contributed by atoms with Crippen molar-refractivity contribution in [3.63, 3.8) is 0 Å². The fourth-order valence-electron chi connectivity index (χ4n) is 4.68. The molecule has 0 unspecified atom stereocenters. The first-order valence-corrected chi connectivity index (χ1v) is 15.1. The zero-order valence-corrected chi connectivity index (χ0v) is 21.1. The van der Waals surface area contributed by atoms with E-state index in [0.29, 0.717) is 0 Å². The van der Waals surface area contributed by atoms with Crippen molar-refractivity contribution in [1.29, 1.82) is 0 Å². The topological polar surface area (TPSA) is 17.8 Å². The predicted octanol–water partition coefficient (Wildman–Crippen LogP) is 7.52. The molecule has 5 aromatic rings. The molecule has 164 valence electrons. The summed E-state index contributed by atoms with van der Waals surface area (Å²) < 4.78 is 2.36. The van der Waals surface area contributed by atoms with E-state index in [1.54, 1.807) is 0 Å². The van der Waals surface area contributed by atoms with Crippen LogP contribution >= 0.6 is 0 Å². The highest BCUT2D eigenvalue weighted by atomic mass is 28.3. The van der Waals surface area contributed by atoms with Gasteiger partial charge in [0.1, 0.15) is 5.82 Å². The standard InChI is InChI=1S/C30H30N2Si/c1-21-18-25(23-12-7-6-8-13-23)19-22(2)29(21)32-28-17-10-9-16-27(28)31-30(32)24-14-11-15-26(20-24)33(3,4)5/h6-20H,1-5H3. The molecule has 0 radical (unpaired) electrons. The Balaban J connectivity index is 1.76. The number of imidazole rings is 1. The maximum absolute atomic E-state index is 5.12. The Kier molecular flexibility index (Phi) is 5.30. The molecule has 0 atom stereocenters. The number of hydrogen-bond acceptors (Lipinski definition) is 1. The SMILES string of the molecule is Cc1cc(-c2ccccc2)cc(C)c1-n1c(-c2cccc([Si](C)(C)C)c2)nc2ccccc21. The van der Waals surface area contributed by atoms with E-state index in [2.05, 4.69) is 129 Å². The van der Waals surface area contributed by atoms with Crippen LogP contribution in [0.15, 0.2) is 91.0 Å². The van der Waals surface area contributed by atoms with E-state index in [9.17, 15) is 0 Å². The van der Waals surface area contributed by atoms with Gasteiger partial charge in [-0.2, -0.15) is 0 Å². The second-order valence-electron chi connectivity index (χ2n) is 9.92. The lowest BCUT2D eigenvalue weighted by atomic mass is 9.98. The maximum Gasteiger partial charge on any atom is 0.145 e. The van der Waals surface area contributed by atoms with Gasteiger partial charge in [-0.1, -0.05) is 91.6 Å². The minimum atomic E-state index is -1.44. The molecule has 0 fully saturated rings. The molecule has 0 N–H and O–H groups in total. The highest BCUT2D eigenvalue weighted by Crippen LogP contribution is 2.34. The van der Waals surface area contributed by atoms with Crippen molar-refractivity contribution in [3.8, 4) is 28.2 Å². The van der Waals surface area contributed by atoms with Gasteiger partial charge in [-0.15, -0.1) is 0 Å². The summed E-state index contributed by atoms with van der Waals surface area (Å²) in [5.41, 5.74) is 9.56. The van der Waals surface area contributed by atoms with Crippen LogP contribution in [0.2, 0.25) is 19.6 Å². The average molecular weight is 447 g/mol. The summed E-state index contributed by atoms with van der Waals surface area (Å²) in [5, 5.41) is 1.45. The normalized spacial score (nSPS) is 11.8. The summed E-state index contributed by atoms with van der Waals surface area (Å²) >= 11 is 0. The predicted molar refractivity (Wildman–Crippen MR) is 144 cm³/mol. The van der Waals surface area contributed by atoms with E-state index in [1.807, 2.05) is 0 Å². The molecule has 3 heteroatoms. The van der Waals surface area contributed by atoms with Crippen molar-refractivity contribution in [2.75, 3.05) is 0 Å². The Morgan fingerprint density at radius 1 is 0.636 bits per heavy atom. The third-order valence-electron chi connectivity index (χ3n) is 6.37. The van der Waals surface area contributed by atoms with Gasteiger partial charge in [0, 0.05) is 5.56 Å². The molecule has 0 saturated carbocycles. The molecule has 1 aromatic heterocycles. The molecule has 0 saturated heterocycles. The molecule has 2 nitrogen and oxygen atoms in total. The lowest BCUT2D eigenvalue weighted by molar-refractivity contribution is 1.06. The van der Waals surface area contributed by atoms with Gasteiger partial charge in [0.05, 0.1) is 24.8 Å². The molecule has 4 aromatic carbocycles. The summed E-state index contributed by atoms with van der Waals surface area (Å²) in [6.07, 6.45) is 0. The van der Waals surface area contributed by atoms with Crippen LogP contribution in [0.1, 0.15) is 11.1 Å². The first-order chi connectivity index (χ1) is 15.8. The van der Waals surface area contributed by atoms with Gasteiger partial charge in [-0.25, -0.2) is 4.98 Å².